The highest BCUT2D eigenvalue weighted by atomic mass is 19.4. The smallest absolute Gasteiger partial charge is 0.317 e. The fraction of sp³-hybridized carbons (Fsp3) is 0.818. The Morgan fingerprint density at radius 3 is 2.78 bits per heavy atom. The number of nitrogens with one attached hydrogen (secondary N) is 1. The molecule has 0 aliphatic heterocycles. The molecule has 18 heavy (non-hydrogen) atoms. The molecule has 0 aliphatic rings. The van der Waals surface area contributed by atoms with E-state index in [9.17, 15) is 13.2 Å². The molecule has 104 valence electrons. The summed E-state index contributed by atoms with van der Waals surface area (Å²) in [4.78, 5) is 0. The van der Waals surface area contributed by atoms with Crippen molar-refractivity contribution in [3.8, 4) is 0 Å². The fourth-order valence-corrected chi connectivity index (χ4v) is 1.66. The summed E-state index contributed by atoms with van der Waals surface area (Å²) < 4.78 is 37.8. The Hall–Kier alpha value is -1.11. The Kier molecular flexibility index (Phi) is 5.58. The van der Waals surface area contributed by atoms with Gasteiger partial charge in [-0.1, -0.05) is 0 Å². The molecular formula is C11H19F3N4. The monoisotopic (exact) mass is 264 g/mol. The molecule has 1 aromatic heterocycles. The maximum atomic E-state index is 12.0. The normalized spacial score (nSPS) is 13.8. The average Bonchev–Trinajstić information content (AvgIpc) is 2.71. The van der Waals surface area contributed by atoms with Crippen molar-refractivity contribution in [3.05, 3.63) is 12.2 Å². The van der Waals surface area contributed by atoms with Gasteiger partial charge in [-0.2, -0.15) is 13.2 Å². The summed E-state index contributed by atoms with van der Waals surface area (Å²) in [6, 6.07) is 0.0364. The van der Waals surface area contributed by atoms with Gasteiger partial charge in [0, 0.05) is 19.0 Å². The minimum absolute atomic E-state index is 0.0364. The summed E-state index contributed by atoms with van der Waals surface area (Å²) in [5, 5.41) is 10.9. The van der Waals surface area contributed by atoms with Gasteiger partial charge in [-0.05, 0) is 26.7 Å². The Balaban J connectivity index is 2.23. The van der Waals surface area contributed by atoms with E-state index in [0.717, 1.165) is 12.4 Å². The van der Waals surface area contributed by atoms with E-state index in [1.165, 1.54) is 0 Å². The number of aryl methyl sites for hydroxylation is 1. The van der Waals surface area contributed by atoms with Crippen LogP contribution in [-0.4, -0.2) is 27.0 Å². The second-order valence-electron chi connectivity index (χ2n) is 4.32. The van der Waals surface area contributed by atoms with Crippen LogP contribution in [0.1, 0.15) is 38.9 Å². The van der Waals surface area contributed by atoms with Crippen LogP contribution in [0.5, 0.6) is 0 Å². The molecule has 0 amide bonds. The number of hydrogen-bond acceptors (Lipinski definition) is 3. The van der Waals surface area contributed by atoms with Gasteiger partial charge in [0.05, 0.1) is 6.54 Å². The van der Waals surface area contributed by atoms with Crippen LogP contribution in [0.25, 0.3) is 0 Å². The summed E-state index contributed by atoms with van der Waals surface area (Å²) in [6.45, 7) is 5.18. The summed E-state index contributed by atoms with van der Waals surface area (Å²) in [5.41, 5.74) is 0. The maximum absolute atomic E-state index is 12.0. The van der Waals surface area contributed by atoms with Gasteiger partial charge in [0.15, 0.2) is 0 Å². The molecule has 7 heteroatoms. The minimum atomic E-state index is -4.05. The van der Waals surface area contributed by atoms with Gasteiger partial charge < -0.3 is 9.88 Å². The van der Waals surface area contributed by atoms with Crippen molar-refractivity contribution in [1.29, 1.82) is 0 Å². The minimum Gasteiger partial charge on any atom is -0.317 e. The van der Waals surface area contributed by atoms with E-state index in [0.29, 0.717) is 13.0 Å². The van der Waals surface area contributed by atoms with Crippen LogP contribution >= 0.6 is 0 Å². The van der Waals surface area contributed by atoms with Crippen LogP contribution in [-0.2, 0) is 13.1 Å². The zero-order valence-corrected chi connectivity index (χ0v) is 10.7. The van der Waals surface area contributed by atoms with E-state index < -0.39 is 12.6 Å². The summed E-state index contributed by atoms with van der Waals surface area (Å²) in [6.07, 6.45) is -2.48. The first-order chi connectivity index (χ1) is 8.42. The Morgan fingerprint density at radius 2 is 2.17 bits per heavy atom. The van der Waals surface area contributed by atoms with Crippen LogP contribution < -0.4 is 5.32 Å². The van der Waals surface area contributed by atoms with Gasteiger partial charge in [-0.3, -0.25) is 0 Å². The predicted molar refractivity (Wildman–Crippen MR) is 61.9 cm³/mol. The number of nitrogens with zero attached hydrogens (tertiary/aromatic N) is 3. The molecule has 0 aromatic carbocycles. The quantitative estimate of drug-likeness (QED) is 0.822. The number of aromatic nitrogens is 3. The highest BCUT2D eigenvalue weighted by Crippen LogP contribution is 2.22. The number of rotatable bonds is 7. The highest BCUT2D eigenvalue weighted by molar-refractivity contribution is 4.85. The Bertz CT molecular complexity index is 348. The van der Waals surface area contributed by atoms with Gasteiger partial charge in [-0.25, -0.2) is 0 Å². The molecule has 1 N–H and O–H groups in total. The lowest BCUT2D eigenvalue weighted by molar-refractivity contribution is -0.135. The maximum Gasteiger partial charge on any atom is 0.389 e. The van der Waals surface area contributed by atoms with Gasteiger partial charge in [0.1, 0.15) is 12.2 Å². The highest BCUT2D eigenvalue weighted by Gasteiger charge is 2.26. The van der Waals surface area contributed by atoms with Gasteiger partial charge in [-0.15, -0.1) is 10.2 Å². The standard InChI is InChI=1S/C11H19F3N4/c1-3-18-8-16-17-10(18)7-15-9(2)5-4-6-11(12,13)14/h8-9,15H,3-7H2,1-2H3. The molecule has 0 radical (unpaired) electrons. The summed E-state index contributed by atoms with van der Waals surface area (Å²) in [7, 11) is 0. The van der Waals surface area contributed by atoms with E-state index in [1.807, 2.05) is 18.4 Å². The second-order valence-corrected chi connectivity index (χ2v) is 4.32. The third-order valence-electron chi connectivity index (χ3n) is 2.74. The van der Waals surface area contributed by atoms with E-state index in [1.54, 1.807) is 6.33 Å². The van der Waals surface area contributed by atoms with E-state index in [4.69, 9.17) is 0 Å². The molecule has 1 unspecified atom stereocenters. The first-order valence-corrected chi connectivity index (χ1v) is 6.09. The lowest BCUT2D eigenvalue weighted by Crippen LogP contribution is -2.27. The molecule has 0 bridgehead atoms. The third-order valence-corrected chi connectivity index (χ3v) is 2.74. The number of alkyl halides is 3. The SMILES string of the molecule is CCn1cnnc1CNC(C)CCCC(F)(F)F. The third kappa shape index (κ3) is 5.48. The van der Waals surface area contributed by atoms with Gasteiger partial charge in [0.25, 0.3) is 0 Å². The number of halogens is 3. The first kappa shape index (κ1) is 14.9. The molecular weight excluding hydrogens is 245 g/mol. The van der Waals surface area contributed by atoms with Crippen molar-refractivity contribution in [2.24, 2.45) is 0 Å². The van der Waals surface area contributed by atoms with E-state index >= 15 is 0 Å². The topological polar surface area (TPSA) is 42.7 Å². The zero-order chi connectivity index (χ0) is 13.6. The van der Waals surface area contributed by atoms with Gasteiger partial charge >= 0.3 is 6.18 Å². The lowest BCUT2D eigenvalue weighted by atomic mass is 10.1. The van der Waals surface area contributed by atoms with E-state index in [-0.39, 0.29) is 12.5 Å². The second kappa shape index (κ2) is 6.72. The molecule has 0 aliphatic carbocycles. The van der Waals surface area contributed by atoms with Crippen molar-refractivity contribution in [2.45, 2.75) is 58.4 Å². The molecule has 1 rings (SSSR count). The van der Waals surface area contributed by atoms with Crippen LogP contribution in [0.4, 0.5) is 13.2 Å². The van der Waals surface area contributed by atoms with Crippen molar-refractivity contribution in [1.82, 2.24) is 20.1 Å². The molecule has 1 atom stereocenters. The molecule has 0 fully saturated rings. The summed E-state index contributed by atoms with van der Waals surface area (Å²) >= 11 is 0. The Labute approximate surface area is 105 Å². The van der Waals surface area contributed by atoms with Crippen LogP contribution in [0, 0.1) is 0 Å². The fourth-order valence-electron chi connectivity index (χ4n) is 1.66. The van der Waals surface area contributed by atoms with Crippen LogP contribution in [0.15, 0.2) is 6.33 Å². The van der Waals surface area contributed by atoms with Crippen molar-refractivity contribution in [2.75, 3.05) is 0 Å². The van der Waals surface area contributed by atoms with Crippen molar-refractivity contribution in [3.63, 3.8) is 0 Å². The largest absolute Gasteiger partial charge is 0.389 e. The van der Waals surface area contributed by atoms with Crippen LogP contribution in [0.3, 0.4) is 0 Å². The average molecular weight is 264 g/mol. The molecule has 0 saturated carbocycles. The molecule has 4 nitrogen and oxygen atoms in total. The Morgan fingerprint density at radius 1 is 1.44 bits per heavy atom. The molecule has 1 aromatic rings. The van der Waals surface area contributed by atoms with Gasteiger partial charge in [0.2, 0.25) is 0 Å². The van der Waals surface area contributed by atoms with Crippen molar-refractivity contribution < 1.29 is 13.2 Å². The predicted octanol–water partition coefficient (Wildman–Crippen LogP) is 2.51. The molecule has 0 spiro atoms. The molecule has 0 saturated heterocycles. The first-order valence-electron chi connectivity index (χ1n) is 6.09. The number of hydrogen-bond donors (Lipinski definition) is 1. The lowest BCUT2D eigenvalue weighted by Gasteiger charge is -2.14. The zero-order valence-electron chi connectivity index (χ0n) is 10.7. The molecule has 1 heterocycles. The van der Waals surface area contributed by atoms with E-state index in [2.05, 4.69) is 15.5 Å². The van der Waals surface area contributed by atoms with Crippen LogP contribution in [0.2, 0.25) is 0 Å². The van der Waals surface area contributed by atoms with Crippen molar-refractivity contribution >= 4 is 0 Å². The summed E-state index contributed by atoms with van der Waals surface area (Å²) in [5.74, 6) is 0.806.